The maximum atomic E-state index is 8.85. The van der Waals surface area contributed by atoms with Gasteiger partial charge in [-0.25, -0.2) is 4.98 Å². The normalized spacial score (nSPS) is 10.5. The lowest BCUT2D eigenvalue weighted by atomic mass is 10.2. The van der Waals surface area contributed by atoms with Crippen molar-refractivity contribution in [2.24, 2.45) is 0 Å². The van der Waals surface area contributed by atoms with Crippen molar-refractivity contribution in [2.45, 2.75) is 6.42 Å². The largest absolute Gasteiger partial charge is 0.496 e. The number of hydrogen-bond acceptors (Lipinski definition) is 4. The fourth-order valence-electron chi connectivity index (χ4n) is 1.47. The van der Waals surface area contributed by atoms with Crippen LogP contribution >= 0.6 is 27.3 Å². The maximum Gasteiger partial charge on any atom is 0.133 e. The van der Waals surface area contributed by atoms with Crippen molar-refractivity contribution in [1.82, 2.24) is 4.98 Å². The number of aromatic nitrogens is 1. The molecule has 3 nitrogen and oxygen atoms in total. The second-order valence-electron chi connectivity index (χ2n) is 3.47. The van der Waals surface area contributed by atoms with Crippen LogP contribution in [-0.4, -0.2) is 23.8 Å². The van der Waals surface area contributed by atoms with Crippen molar-refractivity contribution in [3.8, 4) is 16.3 Å². The number of methoxy groups -OCH3 is 1. The van der Waals surface area contributed by atoms with E-state index in [0.717, 1.165) is 26.5 Å². The van der Waals surface area contributed by atoms with Gasteiger partial charge >= 0.3 is 0 Å². The van der Waals surface area contributed by atoms with Gasteiger partial charge in [-0.3, -0.25) is 0 Å². The van der Waals surface area contributed by atoms with Gasteiger partial charge in [0.15, 0.2) is 0 Å². The van der Waals surface area contributed by atoms with Crippen LogP contribution in [0.4, 0.5) is 0 Å². The molecule has 0 saturated heterocycles. The average Bonchev–Trinajstić information content (AvgIpc) is 2.78. The first-order chi connectivity index (χ1) is 8.24. The number of nitrogens with zero attached hydrogens (tertiary/aromatic N) is 1. The summed E-state index contributed by atoms with van der Waals surface area (Å²) in [6.45, 7) is 0.134. The van der Waals surface area contributed by atoms with E-state index in [4.69, 9.17) is 9.84 Å². The van der Waals surface area contributed by atoms with Gasteiger partial charge in [0.05, 0.1) is 17.3 Å². The second-order valence-corrected chi connectivity index (χ2v) is 5.18. The Morgan fingerprint density at radius 1 is 1.47 bits per heavy atom. The predicted octanol–water partition coefficient (Wildman–Crippen LogP) is 3.12. The molecular formula is C12H12BrNO2S. The highest BCUT2D eigenvalue weighted by atomic mass is 79.9. The van der Waals surface area contributed by atoms with Gasteiger partial charge in [-0.2, -0.15) is 0 Å². The average molecular weight is 314 g/mol. The number of aliphatic hydroxyl groups is 1. The van der Waals surface area contributed by atoms with E-state index in [1.165, 1.54) is 0 Å². The van der Waals surface area contributed by atoms with E-state index in [0.29, 0.717) is 6.42 Å². The SMILES string of the molecule is COc1ccc(-c2nc(CCO)cs2)cc1Br. The molecule has 0 aliphatic carbocycles. The molecule has 0 aliphatic rings. The molecule has 0 unspecified atom stereocenters. The van der Waals surface area contributed by atoms with E-state index in [1.807, 2.05) is 23.6 Å². The van der Waals surface area contributed by atoms with Gasteiger partial charge in [-0.05, 0) is 34.1 Å². The molecule has 0 radical (unpaired) electrons. The van der Waals surface area contributed by atoms with Gasteiger partial charge in [0.25, 0.3) is 0 Å². The van der Waals surface area contributed by atoms with Crippen LogP contribution in [0.1, 0.15) is 5.69 Å². The molecule has 0 bridgehead atoms. The van der Waals surface area contributed by atoms with Crippen molar-refractivity contribution >= 4 is 27.3 Å². The Kier molecular flexibility index (Phi) is 4.15. The molecule has 5 heteroatoms. The summed E-state index contributed by atoms with van der Waals surface area (Å²) >= 11 is 5.03. The van der Waals surface area contributed by atoms with Gasteiger partial charge in [0.1, 0.15) is 10.8 Å². The smallest absolute Gasteiger partial charge is 0.133 e. The van der Waals surface area contributed by atoms with Gasteiger partial charge in [0, 0.05) is 24.0 Å². The van der Waals surface area contributed by atoms with Gasteiger partial charge in [-0.1, -0.05) is 0 Å². The summed E-state index contributed by atoms with van der Waals surface area (Å²) in [7, 11) is 1.64. The molecule has 0 atom stereocenters. The Balaban J connectivity index is 2.29. The third-order valence-corrected chi connectivity index (χ3v) is 3.88. The fourth-order valence-corrected chi connectivity index (χ4v) is 2.86. The fraction of sp³-hybridized carbons (Fsp3) is 0.250. The standard InChI is InChI=1S/C12H12BrNO2S/c1-16-11-3-2-8(6-10(11)13)12-14-9(4-5-15)7-17-12/h2-3,6-7,15H,4-5H2,1H3. The summed E-state index contributed by atoms with van der Waals surface area (Å²) in [4.78, 5) is 4.46. The van der Waals surface area contributed by atoms with Crippen LogP contribution in [0.2, 0.25) is 0 Å². The number of ether oxygens (including phenoxy) is 1. The quantitative estimate of drug-likeness (QED) is 0.943. The first kappa shape index (κ1) is 12.5. The van der Waals surface area contributed by atoms with Crippen LogP contribution in [0, 0.1) is 0 Å². The molecule has 1 aromatic carbocycles. The Morgan fingerprint density at radius 3 is 2.94 bits per heavy atom. The molecule has 0 fully saturated rings. The van der Waals surface area contributed by atoms with E-state index < -0.39 is 0 Å². The Bertz CT molecular complexity index is 513. The molecule has 1 heterocycles. The number of thiazole rings is 1. The second kappa shape index (κ2) is 5.62. The van der Waals surface area contributed by atoms with E-state index in [-0.39, 0.29) is 6.61 Å². The minimum Gasteiger partial charge on any atom is -0.496 e. The van der Waals surface area contributed by atoms with Crippen molar-refractivity contribution in [1.29, 1.82) is 0 Å². The highest BCUT2D eigenvalue weighted by molar-refractivity contribution is 9.10. The summed E-state index contributed by atoms with van der Waals surface area (Å²) < 4.78 is 6.10. The maximum absolute atomic E-state index is 8.85. The first-order valence-electron chi connectivity index (χ1n) is 5.13. The lowest BCUT2D eigenvalue weighted by molar-refractivity contribution is 0.298. The molecular weight excluding hydrogens is 302 g/mol. The zero-order valence-electron chi connectivity index (χ0n) is 9.31. The van der Waals surface area contributed by atoms with Crippen LogP contribution in [-0.2, 0) is 6.42 Å². The highest BCUT2D eigenvalue weighted by Crippen LogP contribution is 2.31. The summed E-state index contributed by atoms with van der Waals surface area (Å²) in [6, 6.07) is 5.87. The molecule has 0 saturated carbocycles. The van der Waals surface area contributed by atoms with Crippen molar-refractivity contribution < 1.29 is 9.84 Å². The topological polar surface area (TPSA) is 42.4 Å². The highest BCUT2D eigenvalue weighted by Gasteiger charge is 2.07. The Morgan fingerprint density at radius 2 is 2.29 bits per heavy atom. The zero-order valence-corrected chi connectivity index (χ0v) is 11.7. The summed E-state index contributed by atoms with van der Waals surface area (Å²) in [5.41, 5.74) is 1.98. The van der Waals surface area contributed by atoms with Crippen LogP contribution in [0.5, 0.6) is 5.75 Å². The van der Waals surface area contributed by atoms with E-state index >= 15 is 0 Å². The van der Waals surface area contributed by atoms with E-state index in [1.54, 1.807) is 18.4 Å². The monoisotopic (exact) mass is 313 g/mol. The summed E-state index contributed by atoms with van der Waals surface area (Å²) in [5.74, 6) is 0.806. The molecule has 2 aromatic rings. The molecule has 90 valence electrons. The first-order valence-corrected chi connectivity index (χ1v) is 6.81. The summed E-state index contributed by atoms with van der Waals surface area (Å²) in [6.07, 6.45) is 0.605. The van der Waals surface area contributed by atoms with Crippen molar-refractivity contribution in [3.05, 3.63) is 33.7 Å². The molecule has 0 aliphatic heterocycles. The Labute approximate surface area is 112 Å². The number of hydrogen-bond donors (Lipinski definition) is 1. The predicted molar refractivity (Wildman–Crippen MR) is 72.6 cm³/mol. The van der Waals surface area contributed by atoms with Crippen LogP contribution in [0.3, 0.4) is 0 Å². The Hall–Kier alpha value is -0.910. The zero-order chi connectivity index (χ0) is 12.3. The lowest BCUT2D eigenvalue weighted by Crippen LogP contribution is -1.90. The molecule has 0 amide bonds. The van der Waals surface area contributed by atoms with Crippen LogP contribution in [0.15, 0.2) is 28.1 Å². The van der Waals surface area contributed by atoms with Gasteiger partial charge in [-0.15, -0.1) is 11.3 Å². The van der Waals surface area contributed by atoms with Crippen LogP contribution < -0.4 is 4.74 Å². The third-order valence-electron chi connectivity index (χ3n) is 2.32. The van der Waals surface area contributed by atoms with Crippen molar-refractivity contribution in [2.75, 3.05) is 13.7 Å². The van der Waals surface area contributed by atoms with Gasteiger partial charge < -0.3 is 9.84 Å². The third kappa shape index (κ3) is 2.86. The van der Waals surface area contributed by atoms with Gasteiger partial charge in [0.2, 0.25) is 0 Å². The molecule has 2 rings (SSSR count). The van der Waals surface area contributed by atoms with Crippen LogP contribution in [0.25, 0.3) is 10.6 Å². The number of benzene rings is 1. The summed E-state index contributed by atoms with van der Waals surface area (Å²) in [5, 5.41) is 11.8. The minimum absolute atomic E-state index is 0.134. The number of halogens is 1. The van der Waals surface area contributed by atoms with E-state index in [2.05, 4.69) is 20.9 Å². The lowest BCUT2D eigenvalue weighted by Gasteiger charge is -2.04. The number of aliphatic hydroxyl groups excluding tert-OH is 1. The molecule has 1 aromatic heterocycles. The van der Waals surface area contributed by atoms with E-state index in [9.17, 15) is 0 Å². The molecule has 1 N–H and O–H groups in total. The van der Waals surface area contributed by atoms with Crippen molar-refractivity contribution in [3.63, 3.8) is 0 Å². The molecule has 0 spiro atoms. The minimum atomic E-state index is 0.134. The number of rotatable bonds is 4. The molecule has 17 heavy (non-hydrogen) atoms.